The van der Waals surface area contributed by atoms with Gasteiger partial charge in [0.2, 0.25) is 0 Å². The summed E-state index contributed by atoms with van der Waals surface area (Å²) in [6, 6.07) is 8.09. The smallest absolute Gasteiger partial charge is 0.270 e. The Morgan fingerprint density at radius 2 is 1.94 bits per heavy atom. The van der Waals surface area contributed by atoms with Crippen molar-refractivity contribution in [3.8, 4) is 0 Å². The average Bonchev–Trinajstić information content (AvgIpc) is 2.73. The molecular weight excluding hydrogens is 212 g/mol. The van der Waals surface area contributed by atoms with E-state index in [-0.39, 0.29) is 5.91 Å². The second-order valence-corrected chi connectivity index (χ2v) is 4.25. The Morgan fingerprint density at radius 1 is 1.24 bits per heavy atom. The van der Waals surface area contributed by atoms with E-state index in [0.717, 1.165) is 24.0 Å². The van der Waals surface area contributed by atoms with Gasteiger partial charge in [0.25, 0.3) is 5.91 Å². The van der Waals surface area contributed by atoms with Gasteiger partial charge in [-0.2, -0.15) is 0 Å². The van der Waals surface area contributed by atoms with Crippen LogP contribution in [0.25, 0.3) is 10.9 Å². The van der Waals surface area contributed by atoms with Crippen LogP contribution in [0.4, 0.5) is 0 Å². The second kappa shape index (κ2) is 4.62. The Balaban J connectivity index is 2.39. The summed E-state index contributed by atoms with van der Waals surface area (Å²) < 4.78 is 0. The fourth-order valence-corrected chi connectivity index (χ4v) is 2.04. The summed E-state index contributed by atoms with van der Waals surface area (Å²) in [5.41, 5.74) is 2.90. The van der Waals surface area contributed by atoms with Crippen molar-refractivity contribution >= 4 is 16.8 Å². The number of fused-ring (bicyclic) bond motifs is 1. The largest absolute Gasteiger partial charge is 0.351 e. The molecule has 1 amide bonds. The van der Waals surface area contributed by atoms with Crippen molar-refractivity contribution in [3.05, 3.63) is 35.5 Å². The molecule has 0 atom stereocenters. The van der Waals surface area contributed by atoms with E-state index in [9.17, 15) is 4.79 Å². The number of amides is 1. The molecule has 1 N–H and O–H groups in total. The number of hydrogen-bond donors (Lipinski definition) is 1. The van der Waals surface area contributed by atoms with Crippen molar-refractivity contribution in [2.75, 3.05) is 13.1 Å². The number of carbonyl (C=O) groups excluding carboxylic acids is 1. The number of aromatic nitrogens is 1. The van der Waals surface area contributed by atoms with Gasteiger partial charge < -0.3 is 9.88 Å². The Hall–Kier alpha value is -1.77. The Labute approximate surface area is 101 Å². The molecule has 1 heterocycles. The van der Waals surface area contributed by atoms with Crippen molar-refractivity contribution < 1.29 is 4.79 Å². The van der Waals surface area contributed by atoms with E-state index in [0.29, 0.717) is 5.69 Å². The van der Waals surface area contributed by atoms with Gasteiger partial charge in [-0.05, 0) is 38.5 Å². The highest BCUT2D eigenvalue weighted by Gasteiger charge is 2.14. The van der Waals surface area contributed by atoms with Gasteiger partial charge in [-0.15, -0.1) is 0 Å². The van der Waals surface area contributed by atoms with Crippen LogP contribution in [-0.4, -0.2) is 28.9 Å². The third kappa shape index (κ3) is 2.18. The number of rotatable bonds is 3. The maximum atomic E-state index is 12.2. The van der Waals surface area contributed by atoms with Crippen LogP contribution in [0.5, 0.6) is 0 Å². The van der Waals surface area contributed by atoms with E-state index in [1.165, 1.54) is 5.56 Å². The second-order valence-electron chi connectivity index (χ2n) is 4.25. The molecule has 1 aromatic carbocycles. The molecule has 0 aliphatic rings. The molecule has 3 heteroatoms. The Bertz CT molecular complexity index is 538. The molecule has 3 nitrogen and oxygen atoms in total. The number of H-pyrrole nitrogens is 1. The predicted molar refractivity (Wildman–Crippen MR) is 70.3 cm³/mol. The van der Waals surface area contributed by atoms with Gasteiger partial charge >= 0.3 is 0 Å². The van der Waals surface area contributed by atoms with Crippen LogP contribution >= 0.6 is 0 Å². The molecule has 90 valence electrons. The first-order chi connectivity index (χ1) is 8.15. The number of nitrogens with zero attached hydrogens (tertiary/aromatic N) is 1. The van der Waals surface area contributed by atoms with Crippen molar-refractivity contribution in [3.63, 3.8) is 0 Å². The van der Waals surface area contributed by atoms with Gasteiger partial charge in [0, 0.05) is 24.0 Å². The van der Waals surface area contributed by atoms with Crippen molar-refractivity contribution in [2.24, 2.45) is 0 Å². The number of carbonyl (C=O) groups is 1. The lowest BCUT2D eigenvalue weighted by molar-refractivity contribution is 0.0768. The predicted octanol–water partition coefficient (Wildman–Crippen LogP) is 2.96. The van der Waals surface area contributed by atoms with E-state index in [2.05, 4.69) is 17.1 Å². The van der Waals surface area contributed by atoms with E-state index in [1.807, 2.05) is 37.8 Å². The molecule has 0 bridgehead atoms. The van der Waals surface area contributed by atoms with E-state index < -0.39 is 0 Å². The zero-order valence-corrected chi connectivity index (χ0v) is 10.6. The number of aryl methyl sites for hydroxylation is 1. The monoisotopic (exact) mass is 230 g/mol. The number of nitrogens with one attached hydrogen (secondary N) is 1. The first-order valence-corrected chi connectivity index (χ1v) is 6.04. The zero-order chi connectivity index (χ0) is 12.4. The summed E-state index contributed by atoms with van der Waals surface area (Å²) in [4.78, 5) is 17.2. The molecule has 0 radical (unpaired) electrons. The average molecular weight is 230 g/mol. The molecular formula is C14H18N2O. The maximum Gasteiger partial charge on any atom is 0.270 e. The van der Waals surface area contributed by atoms with Crippen LogP contribution in [0.15, 0.2) is 24.3 Å². The molecule has 0 saturated heterocycles. The van der Waals surface area contributed by atoms with Gasteiger partial charge in [-0.3, -0.25) is 4.79 Å². The summed E-state index contributed by atoms with van der Waals surface area (Å²) in [5.74, 6) is 0.0730. The first kappa shape index (κ1) is 11.7. The first-order valence-electron chi connectivity index (χ1n) is 6.04. The van der Waals surface area contributed by atoms with Crippen LogP contribution in [0.2, 0.25) is 0 Å². The highest BCUT2D eigenvalue weighted by molar-refractivity contribution is 5.98. The lowest BCUT2D eigenvalue weighted by Gasteiger charge is -2.17. The van der Waals surface area contributed by atoms with Gasteiger partial charge in [-0.1, -0.05) is 12.1 Å². The summed E-state index contributed by atoms with van der Waals surface area (Å²) in [7, 11) is 0. The lowest BCUT2D eigenvalue weighted by atomic mass is 10.2. The van der Waals surface area contributed by atoms with Gasteiger partial charge in [0.1, 0.15) is 5.69 Å². The third-order valence-electron chi connectivity index (χ3n) is 3.06. The van der Waals surface area contributed by atoms with Crippen LogP contribution in [-0.2, 0) is 0 Å². The molecule has 2 rings (SSSR count). The molecule has 0 unspecified atom stereocenters. The fraction of sp³-hybridized carbons (Fsp3) is 0.357. The minimum atomic E-state index is 0.0730. The van der Waals surface area contributed by atoms with Crippen LogP contribution in [0.1, 0.15) is 29.9 Å². The van der Waals surface area contributed by atoms with Crippen LogP contribution in [0.3, 0.4) is 0 Å². The molecule has 0 aliphatic carbocycles. The molecule has 0 saturated carbocycles. The highest BCUT2D eigenvalue weighted by atomic mass is 16.2. The summed E-state index contributed by atoms with van der Waals surface area (Å²) in [5, 5.41) is 1.09. The van der Waals surface area contributed by atoms with Gasteiger partial charge in [0.15, 0.2) is 0 Å². The number of hydrogen-bond acceptors (Lipinski definition) is 1. The SMILES string of the molecule is CCN(CC)C(=O)c1cc2ccc(C)cc2[nH]1. The molecule has 17 heavy (non-hydrogen) atoms. The topological polar surface area (TPSA) is 36.1 Å². The molecule has 0 spiro atoms. The molecule has 0 fully saturated rings. The minimum Gasteiger partial charge on any atom is -0.351 e. The Kier molecular flexibility index (Phi) is 3.18. The van der Waals surface area contributed by atoms with E-state index >= 15 is 0 Å². The number of benzene rings is 1. The summed E-state index contributed by atoms with van der Waals surface area (Å²) >= 11 is 0. The normalized spacial score (nSPS) is 10.8. The molecule has 1 aromatic heterocycles. The minimum absolute atomic E-state index is 0.0730. The Morgan fingerprint density at radius 3 is 2.59 bits per heavy atom. The molecule has 2 aromatic rings. The van der Waals surface area contributed by atoms with Crippen LogP contribution in [0, 0.1) is 6.92 Å². The zero-order valence-electron chi connectivity index (χ0n) is 10.6. The molecule has 0 aliphatic heterocycles. The van der Waals surface area contributed by atoms with E-state index in [4.69, 9.17) is 0 Å². The number of aromatic amines is 1. The van der Waals surface area contributed by atoms with E-state index in [1.54, 1.807) is 0 Å². The lowest BCUT2D eigenvalue weighted by Crippen LogP contribution is -2.30. The fourth-order valence-electron chi connectivity index (χ4n) is 2.04. The summed E-state index contributed by atoms with van der Waals surface area (Å²) in [6.45, 7) is 7.52. The van der Waals surface area contributed by atoms with Crippen LogP contribution < -0.4 is 0 Å². The highest BCUT2D eigenvalue weighted by Crippen LogP contribution is 2.17. The van der Waals surface area contributed by atoms with Crippen molar-refractivity contribution in [2.45, 2.75) is 20.8 Å². The third-order valence-corrected chi connectivity index (χ3v) is 3.06. The quantitative estimate of drug-likeness (QED) is 0.864. The maximum absolute atomic E-state index is 12.2. The van der Waals surface area contributed by atoms with Gasteiger partial charge in [0.05, 0.1) is 0 Å². The van der Waals surface area contributed by atoms with Gasteiger partial charge in [-0.25, -0.2) is 0 Å². The summed E-state index contributed by atoms with van der Waals surface area (Å²) in [6.07, 6.45) is 0. The standard InChI is InChI=1S/C14H18N2O/c1-4-16(5-2)14(17)13-9-11-7-6-10(3)8-12(11)15-13/h6-9,15H,4-5H2,1-3H3. The van der Waals surface area contributed by atoms with Crippen molar-refractivity contribution in [1.29, 1.82) is 0 Å². The van der Waals surface area contributed by atoms with Crippen molar-refractivity contribution in [1.82, 2.24) is 9.88 Å².